The topological polar surface area (TPSA) is 83.6 Å². The highest BCUT2D eigenvalue weighted by atomic mass is 16.4. The van der Waals surface area contributed by atoms with Gasteiger partial charge in [-0.25, -0.2) is 0 Å². The average molecular weight is 200 g/mol. The lowest BCUT2D eigenvalue weighted by atomic mass is 9.96. The van der Waals surface area contributed by atoms with Crippen LogP contribution in [0.25, 0.3) is 0 Å². The molecule has 0 unspecified atom stereocenters. The highest BCUT2D eigenvalue weighted by Crippen LogP contribution is 2.19. The van der Waals surface area contributed by atoms with Gasteiger partial charge < -0.3 is 15.7 Å². The van der Waals surface area contributed by atoms with Gasteiger partial charge in [-0.2, -0.15) is 0 Å². The van der Waals surface area contributed by atoms with Crippen molar-refractivity contribution < 1.29 is 14.7 Å². The molecule has 0 aromatic heterocycles. The SMILES string of the molecule is NCCCC(=O)N1CC(CC(=O)O)C1. The molecular formula is C9H16N2O3. The van der Waals surface area contributed by atoms with Crippen molar-refractivity contribution in [2.24, 2.45) is 11.7 Å². The summed E-state index contributed by atoms with van der Waals surface area (Å²) in [6, 6.07) is 0. The Balaban J connectivity index is 2.14. The van der Waals surface area contributed by atoms with Crippen molar-refractivity contribution in [3.05, 3.63) is 0 Å². The second-order valence-corrected chi connectivity index (χ2v) is 3.65. The number of nitrogens with two attached hydrogens (primary N) is 1. The van der Waals surface area contributed by atoms with Gasteiger partial charge in [-0.3, -0.25) is 9.59 Å². The zero-order valence-electron chi connectivity index (χ0n) is 8.11. The van der Waals surface area contributed by atoms with E-state index in [1.807, 2.05) is 0 Å². The molecule has 0 atom stereocenters. The smallest absolute Gasteiger partial charge is 0.303 e. The first-order chi connectivity index (χ1) is 6.63. The van der Waals surface area contributed by atoms with E-state index in [1.54, 1.807) is 4.90 Å². The minimum atomic E-state index is -0.788. The number of nitrogens with zero attached hydrogens (tertiary/aromatic N) is 1. The third-order valence-corrected chi connectivity index (χ3v) is 2.37. The van der Waals surface area contributed by atoms with Gasteiger partial charge in [0.15, 0.2) is 0 Å². The van der Waals surface area contributed by atoms with E-state index in [2.05, 4.69) is 0 Å². The number of hydrogen-bond donors (Lipinski definition) is 2. The molecule has 14 heavy (non-hydrogen) atoms. The first-order valence-electron chi connectivity index (χ1n) is 4.83. The van der Waals surface area contributed by atoms with E-state index in [-0.39, 0.29) is 18.2 Å². The Kier molecular flexibility index (Phi) is 3.88. The molecule has 1 saturated heterocycles. The number of likely N-dealkylation sites (tertiary alicyclic amines) is 1. The van der Waals surface area contributed by atoms with E-state index in [0.717, 1.165) is 0 Å². The molecule has 0 aromatic carbocycles. The van der Waals surface area contributed by atoms with Crippen molar-refractivity contribution in [3.8, 4) is 0 Å². The van der Waals surface area contributed by atoms with Gasteiger partial charge in [0, 0.05) is 25.4 Å². The molecule has 1 fully saturated rings. The fraction of sp³-hybridized carbons (Fsp3) is 0.778. The zero-order chi connectivity index (χ0) is 10.6. The summed E-state index contributed by atoms with van der Waals surface area (Å²) in [7, 11) is 0. The van der Waals surface area contributed by atoms with Gasteiger partial charge in [-0.1, -0.05) is 0 Å². The molecule has 1 rings (SSSR count). The number of carboxylic acids is 1. The van der Waals surface area contributed by atoms with Crippen LogP contribution < -0.4 is 5.73 Å². The van der Waals surface area contributed by atoms with Gasteiger partial charge in [0.25, 0.3) is 0 Å². The number of hydrogen-bond acceptors (Lipinski definition) is 3. The van der Waals surface area contributed by atoms with E-state index in [0.29, 0.717) is 32.5 Å². The largest absolute Gasteiger partial charge is 0.481 e. The summed E-state index contributed by atoms with van der Waals surface area (Å²) in [5.41, 5.74) is 5.28. The van der Waals surface area contributed by atoms with E-state index >= 15 is 0 Å². The number of rotatable bonds is 5. The highest BCUT2D eigenvalue weighted by molar-refractivity contribution is 5.77. The summed E-state index contributed by atoms with van der Waals surface area (Å²) >= 11 is 0. The Labute approximate surface area is 82.9 Å². The second-order valence-electron chi connectivity index (χ2n) is 3.65. The summed E-state index contributed by atoms with van der Waals surface area (Å²) in [5.74, 6) is -0.546. The van der Waals surface area contributed by atoms with Crippen LogP contribution >= 0.6 is 0 Å². The molecule has 0 aromatic rings. The Bertz CT molecular complexity index is 224. The van der Waals surface area contributed by atoms with Crippen molar-refractivity contribution >= 4 is 11.9 Å². The minimum absolute atomic E-state index is 0.0945. The van der Waals surface area contributed by atoms with Crippen molar-refractivity contribution in [2.75, 3.05) is 19.6 Å². The van der Waals surface area contributed by atoms with Crippen LogP contribution in [0.1, 0.15) is 19.3 Å². The molecule has 5 nitrogen and oxygen atoms in total. The predicted molar refractivity (Wildman–Crippen MR) is 50.6 cm³/mol. The predicted octanol–water partition coefficient (Wildman–Crippen LogP) is -0.342. The van der Waals surface area contributed by atoms with E-state index in [1.165, 1.54) is 0 Å². The van der Waals surface area contributed by atoms with Gasteiger partial charge in [0.05, 0.1) is 6.42 Å². The monoisotopic (exact) mass is 200 g/mol. The molecule has 1 aliphatic heterocycles. The molecule has 1 heterocycles. The molecule has 5 heteroatoms. The Morgan fingerprint density at radius 2 is 2.07 bits per heavy atom. The Hall–Kier alpha value is -1.10. The Morgan fingerprint density at radius 3 is 2.57 bits per heavy atom. The fourth-order valence-electron chi connectivity index (χ4n) is 1.56. The summed E-state index contributed by atoms with van der Waals surface area (Å²) < 4.78 is 0. The minimum Gasteiger partial charge on any atom is -0.481 e. The van der Waals surface area contributed by atoms with Crippen LogP contribution in [0.2, 0.25) is 0 Å². The lowest BCUT2D eigenvalue weighted by molar-refractivity contribution is -0.145. The van der Waals surface area contributed by atoms with Gasteiger partial charge in [0.1, 0.15) is 0 Å². The number of carbonyl (C=O) groups is 2. The molecule has 80 valence electrons. The summed E-state index contributed by atoms with van der Waals surface area (Å²) in [6.45, 7) is 1.71. The van der Waals surface area contributed by atoms with Gasteiger partial charge in [-0.15, -0.1) is 0 Å². The lowest BCUT2D eigenvalue weighted by Crippen LogP contribution is -2.50. The van der Waals surface area contributed by atoms with Crippen LogP contribution in [0.3, 0.4) is 0 Å². The number of aliphatic carboxylic acids is 1. The maximum atomic E-state index is 11.3. The quantitative estimate of drug-likeness (QED) is 0.636. The molecule has 1 aliphatic rings. The molecule has 0 aliphatic carbocycles. The normalized spacial score (nSPS) is 16.5. The third kappa shape index (κ3) is 2.99. The molecule has 0 bridgehead atoms. The fourth-order valence-corrected chi connectivity index (χ4v) is 1.56. The first kappa shape index (κ1) is 11.0. The van der Waals surface area contributed by atoms with Crippen molar-refractivity contribution in [1.29, 1.82) is 0 Å². The first-order valence-corrected chi connectivity index (χ1v) is 4.83. The lowest BCUT2D eigenvalue weighted by Gasteiger charge is -2.38. The molecule has 0 radical (unpaired) electrons. The van der Waals surface area contributed by atoms with Crippen molar-refractivity contribution in [1.82, 2.24) is 4.90 Å². The second kappa shape index (κ2) is 4.95. The van der Waals surface area contributed by atoms with Gasteiger partial charge in [0.2, 0.25) is 5.91 Å². The molecule has 3 N–H and O–H groups in total. The van der Waals surface area contributed by atoms with Gasteiger partial charge in [-0.05, 0) is 13.0 Å². The molecule has 1 amide bonds. The van der Waals surface area contributed by atoms with Gasteiger partial charge >= 0.3 is 5.97 Å². The van der Waals surface area contributed by atoms with E-state index in [9.17, 15) is 9.59 Å². The van der Waals surface area contributed by atoms with Crippen LogP contribution in [-0.2, 0) is 9.59 Å². The van der Waals surface area contributed by atoms with Crippen LogP contribution in [0.5, 0.6) is 0 Å². The number of amides is 1. The maximum absolute atomic E-state index is 11.3. The van der Waals surface area contributed by atoms with Crippen LogP contribution in [0.4, 0.5) is 0 Å². The average Bonchev–Trinajstić information content (AvgIpc) is 2.06. The standard InChI is InChI=1S/C9H16N2O3/c10-3-1-2-8(12)11-5-7(6-11)4-9(13)14/h7H,1-6,10H2,(H,13,14). The Morgan fingerprint density at radius 1 is 1.43 bits per heavy atom. The van der Waals surface area contributed by atoms with Crippen LogP contribution in [0.15, 0.2) is 0 Å². The number of carbonyl (C=O) groups excluding carboxylic acids is 1. The molecule has 0 saturated carbocycles. The maximum Gasteiger partial charge on any atom is 0.303 e. The number of carboxylic acid groups (broad SMARTS) is 1. The zero-order valence-corrected chi connectivity index (χ0v) is 8.11. The highest BCUT2D eigenvalue weighted by Gasteiger charge is 2.31. The van der Waals surface area contributed by atoms with E-state index in [4.69, 9.17) is 10.8 Å². The van der Waals surface area contributed by atoms with Crippen LogP contribution in [0, 0.1) is 5.92 Å². The van der Waals surface area contributed by atoms with Crippen molar-refractivity contribution in [3.63, 3.8) is 0 Å². The van der Waals surface area contributed by atoms with E-state index < -0.39 is 5.97 Å². The van der Waals surface area contributed by atoms with Crippen molar-refractivity contribution in [2.45, 2.75) is 19.3 Å². The summed E-state index contributed by atoms with van der Waals surface area (Å²) in [5, 5.41) is 8.50. The van der Waals surface area contributed by atoms with Crippen LogP contribution in [-0.4, -0.2) is 41.5 Å². The third-order valence-electron chi connectivity index (χ3n) is 2.37. The summed E-state index contributed by atoms with van der Waals surface area (Å²) in [4.78, 5) is 23.4. The summed E-state index contributed by atoms with van der Waals surface area (Å²) in [6.07, 6.45) is 1.36. The molecular weight excluding hydrogens is 184 g/mol. The molecule has 0 spiro atoms.